The molecule has 1 unspecified atom stereocenters. The molecule has 3 rings (SSSR count). The summed E-state index contributed by atoms with van der Waals surface area (Å²) in [6.07, 6.45) is 2.63. The number of hydrogen-bond acceptors (Lipinski definition) is 3. The Balaban J connectivity index is 1.60. The molecule has 1 atom stereocenters. The maximum absolute atomic E-state index is 5.61. The first-order valence-corrected chi connectivity index (χ1v) is 6.35. The Morgan fingerprint density at radius 3 is 3.00 bits per heavy atom. The fourth-order valence-electron chi connectivity index (χ4n) is 2.38. The van der Waals surface area contributed by atoms with Crippen LogP contribution < -0.4 is 5.32 Å². The summed E-state index contributed by atoms with van der Waals surface area (Å²) in [4.78, 5) is 0. The van der Waals surface area contributed by atoms with Crippen LogP contribution in [-0.2, 0) is 17.8 Å². The minimum Gasteiger partial charge on any atom is -0.469 e. The van der Waals surface area contributed by atoms with Gasteiger partial charge in [-0.25, -0.2) is 0 Å². The van der Waals surface area contributed by atoms with Crippen LogP contribution in [0.15, 0.2) is 47.1 Å². The molecule has 94 valence electrons. The van der Waals surface area contributed by atoms with Crippen LogP contribution in [0, 0.1) is 0 Å². The third-order valence-electron chi connectivity index (χ3n) is 3.31. The number of furan rings is 1. The Kier molecular flexibility index (Phi) is 3.44. The van der Waals surface area contributed by atoms with Gasteiger partial charge in [0.1, 0.15) is 5.76 Å². The van der Waals surface area contributed by atoms with Crippen molar-refractivity contribution in [2.75, 3.05) is 13.2 Å². The lowest BCUT2D eigenvalue weighted by Gasteiger charge is -2.26. The molecule has 0 saturated carbocycles. The SMILES string of the molecule is c1coc(CCNC2COCc3ccccc32)c1. The first-order chi connectivity index (χ1) is 8.93. The van der Waals surface area contributed by atoms with Crippen molar-refractivity contribution in [2.24, 2.45) is 0 Å². The molecule has 2 aromatic rings. The summed E-state index contributed by atoms with van der Waals surface area (Å²) in [5, 5.41) is 3.53. The van der Waals surface area contributed by atoms with Gasteiger partial charge in [-0.1, -0.05) is 24.3 Å². The maximum atomic E-state index is 5.61. The lowest BCUT2D eigenvalue weighted by molar-refractivity contribution is 0.0822. The van der Waals surface area contributed by atoms with Crippen molar-refractivity contribution in [1.29, 1.82) is 0 Å². The summed E-state index contributed by atoms with van der Waals surface area (Å²) in [5.41, 5.74) is 2.66. The minimum absolute atomic E-state index is 0.296. The predicted molar refractivity (Wildman–Crippen MR) is 69.3 cm³/mol. The van der Waals surface area contributed by atoms with Crippen molar-refractivity contribution in [2.45, 2.75) is 19.1 Å². The van der Waals surface area contributed by atoms with E-state index in [1.165, 1.54) is 11.1 Å². The number of hydrogen-bond donors (Lipinski definition) is 1. The van der Waals surface area contributed by atoms with E-state index in [4.69, 9.17) is 9.15 Å². The van der Waals surface area contributed by atoms with Crippen LogP contribution in [0.2, 0.25) is 0 Å². The van der Waals surface area contributed by atoms with Gasteiger partial charge in [0.05, 0.1) is 25.5 Å². The molecule has 18 heavy (non-hydrogen) atoms. The number of ether oxygens (including phenoxy) is 1. The minimum atomic E-state index is 0.296. The van der Waals surface area contributed by atoms with E-state index in [9.17, 15) is 0 Å². The molecule has 0 bridgehead atoms. The summed E-state index contributed by atoms with van der Waals surface area (Å²) in [7, 11) is 0. The molecule has 0 aliphatic carbocycles. The second kappa shape index (κ2) is 5.38. The Morgan fingerprint density at radius 1 is 1.17 bits per heavy atom. The largest absolute Gasteiger partial charge is 0.469 e. The highest BCUT2D eigenvalue weighted by molar-refractivity contribution is 5.31. The van der Waals surface area contributed by atoms with Crippen LogP contribution in [0.25, 0.3) is 0 Å². The van der Waals surface area contributed by atoms with E-state index in [-0.39, 0.29) is 0 Å². The van der Waals surface area contributed by atoms with E-state index in [0.717, 1.165) is 31.9 Å². The van der Waals surface area contributed by atoms with E-state index < -0.39 is 0 Å². The van der Waals surface area contributed by atoms with E-state index in [1.54, 1.807) is 6.26 Å². The van der Waals surface area contributed by atoms with Crippen LogP contribution >= 0.6 is 0 Å². The first-order valence-electron chi connectivity index (χ1n) is 6.35. The Labute approximate surface area is 107 Å². The molecule has 3 heteroatoms. The van der Waals surface area contributed by atoms with Crippen molar-refractivity contribution in [3.05, 3.63) is 59.5 Å². The highest BCUT2D eigenvalue weighted by atomic mass is 16.5. The van der Waals surface area contributed by atoms with E-state index >= 15 is 0 Å². The number of fused-ring (bicyclic) bond motifs is 1. The molecule has 0 radical (unpaired) electrons. The highest BCUT2D eigenvalue weighted by Crippen LogP contribution is 2.24. The molecule has 2 heterocycles. The molecule has 1 aliphatic heterocycles. The van der Waals surface area contributed by atoms with Crippen LogP contribution in [0.5, 0.6) is 0 Å². The Bertz CT molecular complexity index is 493. The lowest BCUT2D eigenvalue weighted by atomic mass is 9.99. The van der Waals surface area contributed by atoms with Gasteiger partial charge >= 0.3 is 0 Å². The van der Waals surface area contributed by atoms with Crippen molar-refractivity contribution >= 4 is 0 Å². The van der Waals surface area contributed by atoms with Crippen LogP contribution in [-0.4, -0.2) is 13.2 Å². The molecule has 3 nitrogen and oxygen atoms in total. The Morgan fingerprint density at radius 2 is 2.11 bits per heavy atom. The average molecular weight is 243 g/mol. The van der Waals surface area contributed by atoms with Gasteiger partial charge in [0, 0.05) is 13.0 Å². The van der Waals surface area contributed by atoms with Gasteiger partial charge in [0.25, 0.3) is 0 Å². The molecule has 0 fully saturated rings. The van der Waals surface area contributed by atoms with Gasteiger partial charge in [-0.3, -0.25) is 0 Å². The topological polar surface area (TPSA) is 34.4 Å². The third-order valence-corrected chi connectivity index (χ3v) is 3.31. The summed E-state index contributed by atoms with van der Waals surface area (Å²) < 4.78 is 10.9. The van der Waals surface area contributed by atoms with E-state index in [2.05, 4.69) is 29.6 Å². The molecular formula is C15H17NO2. The zero-order chi connectivity index (χ0) is 12.2. The zero-order valence-electron chi connectivity index (χ0n) is 10.3. The van der Waals surface area contributed by atoms with Crippen molar-refractivity contribution in [1.82, 2.24) is 5.32 Å². The van der Waals surface area contributed by atoms with Crippen LogP contribution in [0.4, 0.5) is 0 Å². The summed E-state index contributed by atoms with van der Waals surface area (Å²) in [5.74, 6) is 1.02. The standard InChI is InChI=1S/C15H17NO2/c1-2-6-14-12(4-1)10-17-11-15(14)16-8-7-13-5-3-9-18-13/h1-6,9,15-16H,7-8,10-11H2. The Hall–Kier alpha value is -1.58. The van der Waals surface area contributed by atoms with Crippen molar-refractivity contribution < 1.29 is 9.15 Å². The lowest BCUT2D eigenvalue weighted by Crippen LogP contribution is -2.31. The normalized spacial score (nSPS) is 18.6. The molecule has 1 aromatic heterocycles. The highest BCUT2D eigenvalue weighted by Gasteiger charge is 2.19. The molecule has 1 N–H and O–H groups in total. The fraction of sp³-hybridized carbons (Fsp3) is 0.333. The molecule has 0 amide bonds. The quantitative estimate of drug-likeness (QED) is 0.896. The summed E-state index contributed by atoms with van der Waals surface area (Å²) in [6, 6.07) is 12.7. The van der Waals surface area contributed by atoms with Gasteiger partial charge in [-0.2, -0.15) is 0 Å². The van der Waals surface area contributed by atoms with Gasteiger partial charge < -0.3 is 14.5 Å². The van der Waals surface area contributed by atoms with Gasteiger partial charge in [-0.05, 0) is 23.3 Å². The second-order valence-electron chi connectivity index (χ2n) is 4.55. The maximum Gasteiger partial charge on any atom is 0.105 e. The first kappa shape index (κ1) is 11.5. The van der Waals surface area contributed by atoms with Crippen LogP contribution in [0.3, 0.4) is 0 Å². The monoisotopic (exact) mass is 243 g/mol. The van der Waals surface area contributed by atoms with Crippen molar-refractivity contribution in [3.8, 4) is 0 Å². The van der Waals surface area contributed by atoms with Gasteiger partial charge in [-0.15, -0.1) is 0 Å². The summed E-state index contributed by atoms with van der Waals surface area (Å²) >= 11 is 0. The molecule has 0 saturated heterocycles. The number of nitrogens with one attached hydrogen (secondary N) is 1. The smallest absolute Gasteiger partial charge is 0.105 e. The fourth-order valence-corrected chi connectivity index (χ4v) is 2.38. The third kappa shape index (κ3) is 2.47. The van der Waals surface area contributed by atoms with Gasteiger partial charge in [0.15, 0.2) is 0 Å². The molecule has 0 spiro atoms. The number of rotatable bonds is 4. The number of benzene rings is 1. The second-order valence-corrected chi connectivity index (χ2v) is 4.55. The van der Waals surface area contributed by atoms with Crippen LogP contribution in [0.1, 0.15) is 22.9 Å². The predicted octanol–water partition coefficient (Wildman–Crippen LogP) is 2.68. The zero-order valence-corrected chi connectivity index (χ0v) is 10.3. The molecule has 1 aromatic carbocycles. The van der Waals surface area contributed by atoms with E-state index in [0.29, 0.717) is 6.04 Å². The molecule has 1 aliphatic rings. The van der Waals surface area contributed by atoms with Gasteiger partial charge in [0.2, 0.25) is 0 Å². The molecular weight excluding hydrogens is 226 g/mol. The van der Waals surface area contributed by atoms with E-state index in [1.807, 2.05) is 12.1 Å². The summed E-state index contributed by atoms with van der Waals surface area (Å²) in [6.45, 7) is 2.37. The van der Waals surface area contributed by atoms with Crippen molar-refractivity contribution in [3.63, 3.8) is 0 Å². The average Bonchev–Trinajstić information content (AvgIpc) is 2.92.